The van der Waals surface area contributed by atoms with Crippen molar-refractivity contribution in [2.24, 2.45) is 0 Å². The number of methoxy groups -OCH3 is 1. The molecule has 3 N–H and O–H groups in total. The third-order valence-corrected chi connectivity index (χ3v) is 8.12. The summed E-state index contributed by atoms with van der Waals surface area (Å²) in [6.45, 7) is 4.00. The molecule has 0 aliphatic rings. The molecule has 0 fully saturated rings. The third-order valence-electron chi connectivity index (χ3n) is 3.93. The molecule has 5 nitrogen and oxygen atoms in total. The molecule has 29 heavy (non-hydrogen) atoms. The van der Waals surface area contributed by atoms with Crippen molar-refractivity contribution < 1.29 is 43.6 Å². The van der Waals surface area contributed by atoms with Gasteiger partial charge in [0.25, 0.3) is 0 Å². The van der Waals surface area contributed by atoms with Gasteiger partial charge in [0.05, 0.1) is 0 Å². The van der Waals surface area contributed by atoms with Crippen LogP contribution >= 0.6 is 0 Å². The van der Waals surface area contributed by atoms with Crippen molar-refractivity contribution >= 4 is 11.6 Å². The fourth-order valence-electron chi connectivity index (χ4n) is 2.72. The van der Waals surface area contributed by atoms with Crippen LogP contribution in [0.3, 0.4) is 0 Å². The van der Waals surface area contributed by atoms with E-state index in [1.54, 1.807) is 12.3 Å². The average molecular weight is 590 g/mol. The summed E-state index contributed by atoms with van der Waals surface area (Å²) in [5.41, 5.74) is 1.99. The monoisotopic (exact) mass is 591 g/mol. The number of hydrogen-bond acceptors (Lipinski definition) is 4. The van der Waals surface area contributed by atoms with Crippen LogP contribution in [-0.2, 0) is 28.5 Å². The van der Waals surface area contributed by atoms with Crippen LogP contribution in [-0.4, -0.2) is 22.6 Å². The van der Waals surface area contributed by atoms with Crippen LogP contribution < -0.4 is 10.1 Å². The van der Waals surface area contributed by atoms with E-state index in [2.05, 4.69) is 19.7 Å². The summed E-state index contributed by atoms with van der Waals surface area (Å²) in [4.78, 5) is 8.37. The third kappa shape index (κ3) is 6.71. The molecular formula is C21H25F2HgN3O2. The van der Waals surface area contributed by atoms with Gasteiger partial charge in [-0.2, -0.15) is 0 Å². The fourth-order valence-corrected chi connectivity index (χ4v) is 6.17. The molecule has 3 rings (SSSR count). The minimum absolute atomic E-state index is 0. The van der Waals surface area contributed by atoms with Gasteiger partial charge in [0.1, 0.15) is 0 Å². The van der Waals surface area contributed by atoms with E-state index < -0.39 is 36.2 Å². The van der Waals surface area contributed by atoms with E-state index in [4.69, 9.17) is 4.74 Å². The molecule has 0 spiro atoms. The summed E-state index contributed by atoms with van der Waals surface area (Å²) in [6.07, 6.45) is 2.89. The predicted octanol–water partition coefficient (Wildman–Crippen LogP) is 5.01. The van der Waals surface area contributed by atoms with Crippen molar-refractivity contribution in [2.45, 2.75) is 22.2 Å². The Labute approximate surface area is 182 Å². The van der Waals surface area contributed by atoms with Crippen molar-refractivity contribution in [1.82, 2.24) is 9.97 Å². The number of hydrogen-bond donors (Lipinski definition) is 1. The Morgan fingerprint density at radius 2 is 1.72 bits per heavy atom. The molecule has 0 aliphatic heterocycles. The van der Waals surface area contributed by atoms with Crippen LogP contribution in [0.2, 0.25) is 4.43 Å². The Hall–Kier alpha value is -2.12. The quantitative estimate of drug-likeness (QED) is 0.410. The molecule has 0 radical (unpaired) electrons. The fraction of sp³-hybridized carbons (Fsp3) is 0.238. The van der Waals surface area contributed by atoms with Gasteiger partial charge in [-0.15, -0.1) is 0 Å². The number of pyridine rings is 2. The second-order valence-corrected chi connectivity index (χ2v) is 11.6. The summed E-state index contributed by atoms with van der Waals surface area (Å²) in [6, 6.07) is 9.56. The van der Waals surface area contributed by atoms with E-state index in [-0.39, 0.29) is 16.8 Å². The van der Waals surface area contributed by atoms with Gasteiger partial charge in [-0.05, 0) is 0 Å². The Kier molecular flexibility index (Phi) is 10.7. The molecule has 3 aromatic rings. The van der Waals surface area contributed by atoms with Crippen LogP contribution in [0.5, 0.6) is 5.75 Å². The van der Waals surface area contributed by atoms with Crippen LogP contribution in [0.25, 0.3) is 11.1 Å². The summed E-state index contributed by atoms with van der Waals surface area (Å²) in [7, 11) is 1.42. The topological polar surface area (TPSA) is 78.5 Å². The van der Waals surface area contributed by atoms with Gasteiger partial charge in [0, 0.05) is 0 Å². The standard InChI is InChI=1S/C18H14F2N3O.C2H6.CH3.Hg.H2O/c1-11-5-6-21-17(7-11)23-18-9-14(15(20)10-22-18)13-4-3-12(19)8-16(13)24-2;1-2;;;/h3-10H,1H2,2H3,(H,21,22,23);1-2H3;1H3;;1H2. The van der Waals surface area contributed by atoms with Crippen LogP contribution in [0, 0.1) is 11.6 Å². The van der Waals surface area contributed by atoms with Gasteiger partial charge in [0.2, 0.25) is 0 Å². The first-order chi connectivity index (χ1) is 13.6. The molecule has 0 atom stereocenters. The Bertz CT molecular complexity index is 926. The van der Waals surface area contributed by atoms with Crippen molar-refractivity contribution in [2.75, 3.05) is 12.4 Å². The molecule has 2 aromatic heterocycles. The maximum Gasteiger partial charge on any atom is -0.412 e. The van der Waals surface area contributed by atoms with E-state index >= 15 is 0 Å². The summed E-state index contributed by atoms with van der Waals surface area (Å²) in [5, 5.41) is 3.11. The minimum atomic E-state index is -0.770. The number of ether oxygens (including phenoxy) is 1. The molecule has 2 heterocycles. The number of rotatable bonds is 6. The van der Waals surface area contributed by atoms with Gasteiger partial charge in [-0.25, -0.2) is 4.39 Å². The average Bonchev–Trinajstić information content (AvgIpc) is 2.71. The zero-order valence-corrected chi connectivity index (χ0v) is 22.6. The molecule has 0 amide bonds. The molecule has 0 unspecified atom stereocenters. The summed E-state index contributed by atoms with van der Waals surface area (Å²) < 4.78 is 36.4. The Balaban J connectivity index is 0.00000136. The summed E-state index contributed by atoms with van der Waals surface area (Å²) in [5.74, 6) is 0.430. The number of anilines is 2. The Morgan fingerprint density at radius 3 is 2.41 bits per heavy atom. The first-order valence-corrected chi connectivity index (χ1v) is 18.7. The van der Waals surface area contributed by atoms with Crippen molar-refractivity contribution in [3.8, 4) is 16.9 Å². The molecule has 1 aromatic carbocycles. The first kappa shape index (κ1) is 24.9. The first-order valence-electron chi connectivity index (χ1n) is 9.32. The van der Waals surface area contributed by atoms with E-state index in [1.165, 1.54) is 34.8 Å². The largest absolute Gasteiger partial charge is 0.412 e. The van der Waals surface area contributed by atoms with E-state index in [1.807, 2.05) is 26.0 Å². The molecule has 0 bridgehead atoms. The molecular weight excluding hydrogens is 565 g/mol. The summed E-state index contributed by atoms with van der Waals surface area (Å²) >= 11 is -0.770. The second kappa shape index (κ2) is 12.4. The number of benzene rings is 1. The van der Waals surface area contributed by atoms with Gasteiger partial charge in [0.15, 0.2) is 0 Å². The molecule has 0 saturated carbocycles. The molecule has 8 heteroatoms. The van der Waals surface area contributed by atoms with Gasteiger partial charge in [-0.1, -0.05) is 13.8 Å². The second-order valence-electron chi connectivity index (χ2n) is 5.82. The van der Waals surface area contributed by atoms with Crippen LogP contribution in [0.15, 0.2) is 48.8 Å². The number of halogens is 2. The van der Waals surface area contributed by atoms with E-state index in [0.717, 1.165) is 6.20 Å². The smallest absolute Gasteiger partial charge is 0.412 e. The maximum absolute atomic E-state index is 14.3. The zero-order chi connectivity index (χ0) is 20.5. The number of nitrogens with zero attached hydrogens (tertiary/aromatic N) is 2. The minimum Gasteiger partial charge on any atom is -0.412 e. The van der Waals surface area contributed by atoms with Crippen molar-refractivity contribution in [3.63, 3.8) is 0 Å². The van der Waals surface area contributed by atoms with Gasteiger partial charge < -0.3 is 5.48 Å². The number of aromatic nitrogens is 2. The van der Waals surface area contributed by atoms with E-state index in [9.17, 15) is 8.78 Å². The van der Waals surface area contributed by atoms with Gasteiger partial charge >= 0.3 is 159 Å². The molecule has 0 saturated heterocycles. The molecule has 152 valence electrons. The zero-order valence-electron chi connectivity index (χ0n) is 17.1. The number of nitrogens with one attached hydrogen (secondary N) is 1. The van der Waals surface area contributed by atoms with Crippen molar-refractivity contribution in [1.29, 1.82) is 0 Å². The SMILES string of the molecule is CC.COc1cc(F)ccc1-c1cc(Nc2cc([CH2][Hg][CH3])ccn2)ncc1F.O. The van der Waals surface area contributed by atoms with Crippen LogP contribution in [0.4, 0.5) is 20.4 Å². The molecule has 0 aliphatic carbocycles. The van der Waals surface area contributed by atoms with E-state index in [0.29, 0.717) is 17.2 Å². The van der Waals surface area contributed by atoms with Gasteiger partial charge in [-0.3, -0.25) is 0 Å². The Morgan fingerprint density at radius 1 is 1.00 bits per heavy atom. The predicted molar refractivity (Wildman–Crippen MR) is 108 cm³/mol. The van der Waals surface area contributed by atoms with Crippen LogP contribution in [0.1, 0.15) is 19.4 Å². The van der Waals surface area contributed by atoms with Crippen molar-refractivity contribution in [3.05, 3.63) is 66.0 Å². The maximum atomic E-state index is 14.3. The normalized spacial score (nSPS) is 9.45.